The van der Waals surface area contributed by atoms with Crippen LogP contribution in [0.1, 0.15) is 0 Å². The number of carbonyl (C=O) groups excluding carboxylic acids is 1. The molecule has 0 aromatic carbocycles. The van der Waals surface area contributed by atoms with Crippen LogP contribution in [0.5, 0.6) is 0 Å². The third-order valence-corrected chi connectivity index (χ3v) is 1.16. The van der Waals surface area contributed by atoms with E-state index in [2.05, 4.69) is 14.8 Å². The number of hydrogen-bond donors (Lipinski definition) is 0. The molecular formula is C4H6N4O2. The minimum absolute atomic E-state index is 0.336. The van der Waals surface area contributed by atoms with Gasteiger partial charge in [-0.15, -0.1) is 0 Å². The fourth-order valence-electron chi connectivity index (χ4n) is 0.670. The van der Waals surface area contributed by atoms with Crippen LogP contribution in [0.15, 0.2) is 5.11 Å². The van der Waals surface area contributed by atoms with E-state index in [4.69, 9.17) is 5.53 Å². The molecular weight excluding hydrogens is 136 g/mol. The van der Waals surface area contributed by atoms with E-state index in [0.29, 0.717) is 6.54 Å². The number of nitrogens with zero attached hydrogens (tertiary/aromatic N) is 4. The van der Waals surface area contributed by atoms with Crippen molar-refractivity contribution in [2.45, 2.75) is 6.23 Å². The van der Waals surface area contributed by atoms with Crippen LogP contribution < -0.4 is 0 Å². The molecule has 0 N–H and O–H groups in total. The molecule has 0 unspecified atom stereocenters. The second kappa shape index (κ2) is 2.45. The Hall–Kier alpha value is -1.42. The lowest BCUT2D eigenvalue weighted by atomic mass is 10.6. The molecule has 1 atom stereocenters. The monoisotopic (exact) mass is 142 g/mol. The van der Waals surface area contributed by atoms with Crippen molar-refractivity contribution in [3.05, 3.63) is 10.4 Å². The van der Waals surface area contributed by atoms with Gasteiger partial charge in [0.05, 0.1) is 6.54 Å². The molecule has 0 radical (unpaired) electrons. The van der Waals surface area contributed by atoms with Crippen LogP contribution in [-0.4, -0.2) is 30.8 Å². The summed E-state index contributed by atoms with van der Waals surface area (Å²) in [4.78, 5) is 14.4. The minimum atomic E-state index is -0.650. The largest absolute Gasteiger partial charge is 0.438 e. The first kappa shape index (κ1) is 6.70. The summed E-state index contributed by atoms with van der Waals surface area (Å²) in [5, 5.41) is 3.22. The maximum absolute atomic E-state index is 10.6. The van der Waals surface area contributed by atoms with Crippen molar-refractivity contribution in [1.82, 2.24) is 4.90 Å². The molecule has 0 aliphatic carbocycles. The van der Waals surface area contributed by atoms with E-state index in [9.17, 15) is 4.79 Å². The predicted molar refractivity (Wildman–Crippen MR) is 32.0 cm³/mol. The number of rotatable bonds is 1. The average molecular weight is 142 g/mol. The zero-order valence-electron chi connectivity index (χ0n) is 5.39. The van der Waals surface area contributed by atoms with Gasteiger partial charge in [-0.3, -0.25) is 0 Å². The van der Waals surface area contributed by atoms with Gasteiger partial charge >= 0.3 is 6.09 Å². The van der Waals surface area contributed by atoms with E-state index in [1.165, 1.54) is 4.90 Å². The van der Waals surface area contributed by atoms with Gasteiger partial charge in [-0.05, 0) is 10.6 Å². The SMILES string of the molecule is CN1C[C@@H](N=[N+]=[N-])OC1=O. The fourth-order valence-corrected chi connectivity index (χ4v) is 0.670. The summed E-state index contributed by atoms with van der Waals surface area (Å²) < 4.78 is 4.58. The van der Waals surface area contributed by atoms with Crippen molar-refractivity contribution < 1.29 is 9.53 Å². The quantitative estimate of drug-likeness (QED) is 0.307. The number of ether oxygens (including phenoxy) is 1. The molecule has 1 amide bonds. The first-order valence-electron chi connectivity index (χ1n) is 2.70. The van der Waals surface area contributed by atoms with E-state index in [1.807, 2.05) is 0 Å². The molecule has 10 heavy (non-hydrogen) atoms. The summed E-state index contributed by atoms with van der Waals surface area (Å²) in [6.07, 6.45) is -1.10. The number of carbonyl (C=O) groups is 1. The molecule has 0 aromatic rings. The predicted octanol–water partition coefficient (Wildman–Crippen LogP) is 0.705. The molecule has 1 rings (SSSR count). The van der Waals surface area contributed by atoms with Gasteiger partial charge in [-0.2, -0.15) is 0 Å². The van der Waals surface area contributed by atoms with Gasteiger partial charge in [0.1, 0.15) is 0 Å². The number of azide groups is 1. The molecule has 1 aliphatic heterocycles. The first-order chi connectivity index (χ1) is 4.74. The first-order valence-corrected chi connectivity index (χ1v) is 2.70. The molecule has 6 nitrogen and oxygen atoms in total. The molecule has 1 fully saturated rings. The molecule has 1 aliphatic rings. The molecule has 54 valence electrons. The lowest BCUT2D eigenvalue weighted by molar-refractivity contribution is 0.137. The van der Waals surface area contributed by atoms with Gasteiger partial charge in [0.15, 0.2) is 6.23 Å². The van der Waals surface area contributed by atoms with Gasteiger partial charge in [0.2, 0.25) is 0 Å². The Balaban J connectivity index is 2.57. The van der Waals surface area contributed by atoms with E-state index in [0.717, 1.165) is 0 Å². The maximum Gasteiger partial charge on any atom is 0.410 e. The van der Waals surface area contributed by atoms with E-state index in [-0.39, 0.29) is 0 Å². The zero-order chi connectivity index (χ0) is 7.56. The molecule has 1 heterocycles. The topological polar surface area (TPSA) is 78.3 Å². The Morgan fingerprint density at radius 2 is 2.70 bits per heavy atom. The third-order valence-electron chi connectivity index (χ3n) is 1.16. The summed E-state index contributed by atoms with van der Waals surface area (Å²) in [5.41, 5.74) is 7.95. The van der Waals surface area contributed by atoms with Crippen molar-refractivity contribution >= 4 is 6.09 Å². The van der Waals surface area contributed by atoms with E-state index >= 15 is 0 Å². The Kier molecular flexibility index (Phi) is 1.64. The smallest absolute Gasteiger partial charge is 0.410 e. The molecule has 0 aromatic heterocycles. The standard InChI is InChI=1S/C4H6N4O2/c1-8-2-3(6-7-5)10-4(8)9/h3H,2H2,1H3/t3-/m0/s1. The fraction of sp³-hybridized carbons (Fsp3) is 0.750. The highest BCUT2D eigenvalue weighted by Gasteiger charge is 2.26. The second-order valence-electron chi connectivity index (χ2n) is 1.92. The van der Waals surface area contributed by atoms with Crippen molar-refractivity contribution in [1.29, 1.82) is 0 Å². The van der Waals surface area contributed by atoms with Gasteiger partial charge in [0.25, 0.3) is 0 Å². The highest BCUT2D eigenvalue weighted by Crippen LogP contribution is 2.08. The molecule has 0 bridgehead atoms. The highest BCUT2D eigenvalue weighted by atomic mass is 16.6. The van der Waals surface area contributed by atoms with Crippen LogP contribution in [0.4, 0.5) is 4.79 Å². The van der Waals surface area contributed by atoms with Gasteiger partial charge in [0, 0.05) is 12.0 Å². The van der Waals surface area contributed by atoms with Crippen LogP contribution in [0.25, 0.3) is 10.4 Å². The Labute approximate surface area is 57.0 Å². The van der Waals surface area contributed by atoms with Crippen molar-refractivity contribution in [2.75, 3.05) is 13.6 Å². The number of hydrogen-bond acceptors (Lipinski definition) is 3. The van der Waals surface area contributed by atoms with Crippen LogP contribution in [0, 0.1) is 0 Å². The van der Waals surface area contributed by atoms with Crippen LogP contribution in [-0.2, 0) is 4.74 Å². The maximum atomic E-state index is 10.6. The molecule has 6 heteroatoms. The minimum Gasteiger partial charge on any atom is -0.438 e. The van der Waals surface area contributed by atoms with Gasteiger partial charge in [-0.1, -0.05) is 0 Å². The summed E-state index contributed by atoms with van der Waals surface area (Å²) in [5.74, 6) is 0. The average Bonchev–Trinajstić information content (AvgIpc) is 2.14. The van der Waals surface area contributed by atoms with Crippen molar-refractivity contribution in [3.63, 3.8) is 0 Å². The number of amides is 1. The van der Waals surface area contributed by atoms with Crippen LogP contribution in [0.2, 0.25) is 0 Å². The van der Waals surface area contributed by atoms with Crippen molar-refractivity contribution in [2.24, 2.45) is 5.11 Å². The van der Waals surface area contributed by atoms with E-state index in [1.54, 1.807) is 7.05 Å². The number of cyclic esters (lactones) is 1. The lowest BCUT2D eigenvalue weighted by Crippen LogP contribution is -2.18. The highest BCUT2D eigenvalue weighted by molar-refractivity contribution is 5.69. The normalized spacial score (nSPS) is 23.9. The Morgan fingerprint density at radius 3 is 3.10 bits per heavy atom. The van der Waals surface area contributed by atoms with Gasteiger partial charge < -0.3 is 9.64 Å². The van der Waals surface area contributed by atoms with E-state index < -0.39 is 12.3 Å². The van der Waals surface area contributed by atoms with Crippen molar-refractivity contribution in [3.8, 4) is 0 Å². The summed E-state index contributed by atoms with van der Waals surface area (Å²) in [7, 11) is 1.58. The summed E-state index contributed by atoms with van der Waals surface area (Å²) in [6.45, 7) is 0.336. The summed E-state index contributed by atoms with van der Waals surface area (Å²) >= 11 is 0. The number of likely N-dealkylation sites (N-methyl/N-ethyl adjacent to an activating group) is 1. The Bertz CT molecular complexity index is 197. The second-order valence-corrected chi connectivity index (χ2v) is 1.92. The molecule has 0 saturated carbocycles. The van der Waals surface area contributed by atoms with Crippen LogP contribution in [0.3, 0.4) is 0 Å². The zero-order valence-corrected chi connectivity index (χ0v) is 5.39. The Morgan fingerprint density at radius 1 is 2.00 bits per heavy atom. The molecule has 1 saturated heterocycles. The molecule has 0 spiro atoms. The summed E-state index contributed by atoms with van der Waals surface area (Å²) in [6, 6.07) is 0. The lowest BCUT2D eigenvalue weighted by Gasteiger charge is -1.99. The van der Waals surface area contributed by atoms with Gasteiger partial charge in [-0.25, -0.2) is 4.79 Å². The van der Waals surface area contributed by atoms with Crippen LogP contribution >= 0.6 is 0 Å². The third kappa shape index (κ3) is 1.11.